The fourth-order valence-electron chi connectivity index (χ4n) is 2.18. The number of oxazole rings is 1. The fraction of sp³-hybridized carbons (Fsp3) is 0.429. The number of nitrogens with zero attached hydrogens (tertiary/aromatic N) is 1. The monoisotopic (exact) mass is 260 g/mol. The van der Waals surface area contributed by atoms with Gasteiger partial charge in [-0.05, 0) is 30.5 Å². The maximum Gasteiger partial charge on any atom is 0.228 e. The van der Waals surface area contributed by atoms with Crippen LogP contribution < -0.4 is 5.32 Å². The first-order valence-electron chi connectivity index (χ1n) is 6.38. The highest BCUT2D eigenvalue weighted by Gasteiger charge is 2.49. The van der Waals surface area contributed by atoms with Crippen LogP contribution in [0.4, 0.5) is 0 Å². The van der Waals surface area contributed by atoms with E-state index in [1.54, 1.807) is 6.92 Å². The van der Waals surface area contributed by atoms with Crippen LogP contribution in [0.3, 0.4) is 0 Å². The molecule has 0 radical (unpaired) electrons. The third-order valence-electron chi connectivity index (χ3n) is 3.65. The number of fused-ring (bicyclic) bond motifs is 1. The predicted octanol–water partition coefficient (Wildman–Crippen LogP) is 1.52. The second-order valence-electron chi connectivity index (χ2n) is 5.16. The maximum atomic E-state index is 11.9. The summed E-state index contributed by atoms with van der Waals surface area (Å²) in [7, 11) is 0. The molecule has 0 saturated heterocycles. The number of amides is 1. The van der Waals surface area contributed by atoms with Crippen molar-refractivity contribution in [3.05, 3.63) is 29.7 Å². The number of carbonyl (C=O) groups is 1. The van der Waals surface area contributed by atoms with E-state index >= 15 is 0 Å². The summed E-state index contributed by atoms with van der Waals surface area (Å²) in [6.45, 7) is 2.18. The second kappa shape index (κ2) is 4.35. The van der Waals surface area contributed by atoms with Crippen molar-refractivity contribution in [2.45, 2.75) is 26.3 Å². The molecule has 1 aromatic heterocycles. The van der Waals surface area contributed by atoms with Crippen LogP contribution in [0, 0.1) is 12.3 Å². The molecule has 3 rings (SSSR count). The van der Waals surface area contributed by atoms with E-state index in [2.05, 4.69) is 10.3 Å². The number of hydrogen-bond acceptors (Lipinski definition) is 4. The van der Waals surface area contributed by atoms with E-state index < -0.39 is 5.41 Å². The molecule has 1 aliphatic carbocycles. The number of benzene rings is 1. The molecule has 0 bridgehead atoms. The van der Waals surface area contributed by atoms with Crippen molar-refractivity contribution >= 4 is 17.0 Å². The van der Waals surface area contributed by atoms with Gasteiger partial charge in [0.05, 0.1) is 12.0 Å². The highest BCUT2D eigenvalue weighted by atomic mass is 16.3. The first-order valence-corrected chi connectivity index (χ1v) is 6.38. The molecule has 1 saturated carbocycles. The zero-order valence-electron chi connectivity index (χ0n) is 10.8. The number of nitrogens with one attached hydrogen (secondary N) is 1. The van der Waals surface area contributed by atoms with E-state index in [9.17, 15) is 9.90 Å². The van der Waals surface area contributed by atoms with Gasteiger partial charge in [0.1, 0.15) is 5.52 Å². The van der Waals surface area contributed by atoms with Crippen molar-refractivity contribution < 1.29 is 14.3 Å². The zero-order chi connectivity index (χ0) is 13.5. The molecule has 1 aromatic carbocycles. The SMILES string of the molecule is Cc1nc2cc(CNC(=O)C3(CO)CC3)ccc2o1. The van der Waals surface area contributed by atoms with Gasteiger partial charge >= 0.3 is 0 Å². The Bertz CT molecular complexity index is 629. The number of carbonyl (C=O) groups excluding carboxylic acids is 1. The summed E-state index contributed by atoms with van der Waals surface area (Å²) in [5, 5.41) is 12.1. The summed E-state index contributed by atoms with van der Waals surface area (Å²) in [6.07, 6.45) is 1.55. The van der Waals surface area contributed by atoms with E-state index in [1.807, 2.05) is 18.2 Å². The number of aliphatic hydroxyl groups excluding tert-OH is 1. The lowest BCUT2D eigenvalue weighted by Gasteiger charge is -2.12. The lowest BCUT2D eigenvalue weighted by Crippen LogP contribution is -2.33. The van der Waals surface area contributed by atoms with Gasteiger partial charge in [-0.1, -0.05) is 6.07 Å². The Morgan fingerprint density at radius 1 is 1.53 bits per heavy atom. The first-order chi connectivity index (χ1) is 9.13. The van der Waals surface area contributed by atoms with Crippen LogP contribution in [0.1, 0.15) is 24.3 Å². The normalized spacial score (nSPS) is 16.5. The molecule has 0 unspecified atom stereocenters. The van der Waals surface area contributed by atoms with Crippen LogP contribution in [0.2, 0.25) is 0 Å². The van der Waals surface area contributed by atoms with Crippen molar-refractivity contribution in [2.24, 2.45) is 5.41 Å². The van der Waals surface area contributed by atoms with Gasteiger partial charge < -0.3 is 14.8 Å². The van der Waals surface area contributed by atoms with Crippen molar-refractivity contribution in [3.63, 3.8) is 0 Å². The second-order valence-corrected chi connectivity index (χ2v) is 5.16. The topological polar surface area (TPSA) is 75.4 Å². The molecule has 2 aromatic rings. The average Bonchev–Trinajstić information content (AvgIpc) is 3.12. The molecule has 1 heterocycles. The number of rotatable bonds is 4. The van der Waals surface area contributed by atoms with Gasteiger partial charge in [0, 0.05) is 13.5 Å². The molecule has 0 atom stereocenters. The van der Waals surface area contributed by atoms with E-state index in [1.165, 1.54) is 0 Å². The van der Waals surface area contributed by atoms with Gasteiger partial charge in [0.15, 0.2) is 11.5 Å². The van der Waals surface area contributed by atoms with Gasteiger partial charge in [-0.15, -0.1) is 0 Å². The van der Waals surface area contributed by atoms with Crippen molar-refractivity contribution in [3.8, 4) is 0 Å². The Kier molecular flexibility index (Phi) is 2.78. The zero-order valence-corrected chi connectivity index (χ0v) is 10.8. The standard InChI is InChI=1S/C14H16N2O3/c1-9-16-11-6-10(2-3-12(11)19-9)7-15-13(18)14(8-17)4-5-14/h2-3,6,17H,4-5,7-8H2,1H3,(H,15,18). The van der Waals surface area contributed by atoms with Crippen LogP contribution in [0.15, 0.2) is 22.6 Å². The molecule has 0 spiro atoms. The molecule has 1 fully saturated rings. The predicted molar refractivity (Wildman–Crippen MR) is 69.3 cm³/mol. The Morgan fingerprint density at radius 3 is 3.00 bits per heavy atom. The summed E-state index contributed by atoms with van der Waals surface area (Å²) in [4.78, 5) is 16.2. The van der Waals surface area contributed by atoms with Gasteiger partial charge in [-0.25, -0.2) is 4.98 Å². The molecule has 5 nitrogen and oxygen atoms in total. The Morgan fingerprint density at radius 2 is 2.32 bits per heavy atom. The maximum absolute atomic E-state index is 11.9. The van der Waals surface area contributed by atoms with Gasteiger partial charge in [-0.3, -0.25) is 4.79 Å². The molecule has 100 valence electrons. The minimum Gasteiger partial charge on any atom is -0.441 e. The largest absolute Gasteiger partial charge is 0.441 e. The third kappa shape index (κ3) is 2.21. The summed E-state index contributed by atoms with van der Waals surface area (Å²) < 4.78 is 5.40. The quantitative estimate of drug-likeness (QED) is 0.874. The number of hydrogen-bond donors (Lipinski definition) is 2. The van der Waals surface area contributed by atoms with Gasteiger partial charge in [0.25, 0.3) is 0 Å². The van der Waals surface area contributed by atoms with Gasteiger partial charge in [-0.2, -0.15) is 0 Å². The van der Waals surface area contributed by atoms with Crippen molar-refractivity contribution in [1.29, 1.82) is 0 Å². The molecule has 0 aliphatic heterocycles. The Balaban J connectivity index is 1.70. The summed E-state index contributed by atoms with van der Waals surface area (Å²) >= 11 is 0. The molecule has 1 aliphatic rings. The number of aryl methyl sites for hydroxylation is 1. The van der Waals surface area contributed by atoms with Crippen LogP contribution in [-0.4, -0.2) is 22.6 Å². The highest BCUT2D eigenvalue weighted by Crippen LogP contribution is 2.45. The first kappa shape index (κ1) is 12.2. The summed E-state index contributed by atoms with van der Waals surface area (Å²) in [5.41, 5.74) is 2.01. The molecule has 2 N–H and O–H groups in total. The smallest absolute Gasteiger partial charge is 0.228 e. The molecular formula is C14H16N2O3. The lowest BCUT2D eigenvalue weighted by atomic mass is 10.1. The fourth-order valence-corrected chi connectivity index (χ4v) is 2.18. The van der Waals surface area contributed by atoms with Crippen molar-refractivity contribution in [2.75, 3.05) is 6.61 Å². The van der Waals surface area contributed by atoms with E-state index in [0.717, 1.165) is 29.5 Å². The van der Waals surface area contributed by atoms with E-state index in [4.69, 9.17) is 4.42 Å². The van der Waals surface area contributed by atoms with Crippen LogP contribution in [0.5, 0.6) is 0 Å². The Labute approximate surface area is 110 Å². The molecule has 19 heavy (non-hydrogen) atoms. The van der Waals surface area contributed by atoms with Crippen LogP contribution in [-0.2, 0) is 11.3 Å². The minimum absolute atomic E-state index is 0.0635. The van der Waals surface area contributed by atoms with Crippen LogP contribution in [0.25, 0.3) is 11.1 Å². The Hall–Kier alpha value is -1.88. The average molecular weight is 260 g/mol. The van der Waals surface area contributed by atoms with Crippen molar-refractivity contribution in [1.82, 2.24) is 10.3 Å². The van der Waals surface area contributed by atoms with Crippen LogP contribution >= 0.6 is 0 Å². The lowest BCUT2D eigenvalue weighted by molar-refractivity contribution is -0.127. The minimum atomic E-state index is -0.519. The highest BCUT2D eigenvalue weighted by molar-refractivity contribution is 5.85. The van der Waals surface area contributed by atoms with Gasteiger partial charge in [0.2, 0.25) is 5.91 Å². The summed E-state index contributed by atoms with van der Waals surface area (Å²) in [5.74, 6) is 0.569. The molecular weight excluding hydrogens is 244 g/mol. The number of aliphatic hydroxyl groups is 1. The summed E-state index contributed by atoms with van der Waals surface area (Å²) in [6, 6.07) is 5.67. The van der Waals surface area contributed by atoms with E-state index in [-0.39, 0.29) is 12.5 Å². The number of aromatic nitrogens is 1. The molecule has 1 amide bonds. The molecule has 5 heteroatoms. The van der Waals surface area contributed by atoms with E-state index in [0.29, 0.717) is 12.4 Å². The third-order valence-corrected chi connectivity index (χ3v) is 3.65.